The lowest BCUT2D eigenvalue weighted by Gasteiger charge is -2.35. The molecule has 1 saturated carbocycles. The first-order chi connectivity index (χ1) is 8.41. The van der Waals surface area contributed by atoms with Gasteiger partial charge in [-0.15, -0.1) is 0 Å². The molecule has 0 amide bonds. The Kier molecular flexibility index (Phi) is 6.00. The van der Waals surface area contributed by atoms with E-state index in [2.05, 4.69) is 6.92 Å². The molecular weight excluding hydrogens is 237 g/mol. The van der Waals surface area contributed by atoms with Gasteiger partial charge < -0.3 is 0 Å². The highest BCUT2D eigenvalue weighted by Gasteiger charge is 2.51. The second kappa shape index (κ2) is 6.81. The van der Waals surface area contributed by atoms with Crippen LogP contribution in [-0.4, -0.2) is 6.18 Å². The van der Waals surface area contributed by atoms with Gasteiger partial charge in [-0.3, -0.25) is 0 Å². The summed E-state index contributed by atoms with van der Waals surface area (Å²) in [5.41, 5.74) is -1.41. The first-order valence-electron chi connectivity index (χ1n) is 7.48. The summed E-state index contributed by atoms with van der Waals surface area (Å²) in [6.45, 7) is 3.88. The van der Waals surface area contributed by atoms with Gasteiger partial charge in [0.15, 0.2) is 0 Å². The summed E-state index contributed by atoms with van der Waals surface area (Å²) in [5, 5.41) is 0. The second-order valence-electron chi connectivity index (χ2n) is 6.08. The fourth-order valence-corrected chi connectivity index (χ4v) is 3.21. The highest BCUT2D eigenvalue weighted by Crippen LogP contribution is 2.49. The lowest BCUT2D eigenvalue weighted by atomic mass is 9.75. The predicted octanol–water partition coefficient (Wildman–Crippen LogP) is 6.11. The number of alkyl halides is 3. The van der Waals surface area contributed by atoms with Crippen LogP contribution in [-0.2, 0) is 0 Å². The van der Waals surface area contributed by atoms with Crippen molar-refractivity contribution in [3.05, 3.63) is 0 Å². The molecule has 0 spiro atoms. The molecule has 0 bridgehead atoms. The minimum absolute atomic E-state index is 0.241. The van der Waals surface area contributed by atoms with E-state index < -0.39 is 11.6 Å². The van der Waals surface area contributed by atoms with Gasteiger partial charge in [-0.2, -0.15) is 13.2 Å². The van der Waals surface area contributed by atoms with E-state index in [1.807, 2.05) is 0 Å². The molecule has 0 heterocycles. The number of hydrogen-bond acceptors (Lipinski definition) is 0. The largest absolute Gasteiger partial charge is 0.394 e. The van der Waals surface area contributed by atoms with Crippen molar-refractivity contribution in [2.24, 2.45) is 11.3 Å². The molecule has 3 heteroatoms. The van der Waals surface area contributed by atoms with Crippen molar-refractivity contribution in [3.63, 3.8) is 0 Å². The third-order valence-corrected chi connectivity index (χ3v) is 4.73. The zero-order valence-corrected chi connectivity index (χ0v) is 11.8. The molecule has 1 fully saturated rings. The van der Waals surface area contributed by atoms with E-state index >= 15 is 0 Å². The zero-order valence-electron chi connectivity index (χ0n) is 11.8. The molecule has 1 aliphatic carbocycles. The Morgan fingerprint density at radius 2 is 1.50 bits per heavy atom. The van der Waals surface area contributed by atoms with E-state index in [9.17, 15) is 13.2 Å². The summed E-state index contributed by atoms with van der Waals surface area (Å²) in [6.07, 6.45) is 3.74. The van der Waals surface area contributed by atoms with Gasteiger partial charge in [0.05, 0.1) is 5.41 Å². The Morgan fingerprint density at radius 3 is 2.11 bits per heavy atom. The Bertz CT molecular complexity index is 234. The van der Waals surface area contributed by atoms with Crippen molar-refractivity contribution < 1.29 is 13.2 Å². The van der Waals surface area contributed by atoms with Gasteiger partial charge in [-0.25, -0.2) is 0 Å². The van der Waals surface area contributed by atoms with E-state index in [4.69, 9.17) is 0 Å². The van der Waals surface area contributed by atoms with Crippen LogP contribution in [0.1, 0.15) is 78.1 Å². The van der Waals surface area contributed by atoms with Crippen LogP contribution in [0.25, 0.3) is 0 Å². The van der Waals surface area contributed by atoms with Gasteiger partial charge in [0.2, 0.25) is 0 Å². The van der Waals surface area contributed by atoms with Crippen LogP contribution in [0.5, 0.6) is 0 Å². The van der Waals surface area contributed by atoms with Crippen molar-refractivity contribution >= 4 is 0 Å². The monoisotopic (exact) mass is 264 g/mol. The number of rotatable bonds is 1. The van der Waals surface area contributed by atoms with Gasteiger partial charge in [0.1, 0.15) is 0 Å². The Morgan fingerprint density at radius 1 is 0.944 bits per heavy atom. The normalized spacial score (nSPS) is 32.8. The van der Waals surface area contributed by atoms with Gasteiger partial charge in [-0.1, -0.05) is 58.8 Å². The molecule has 1 aliphatic rings. The van der Waals surface area contributed by atoms with Gasteiger partial charge in [-0.05, 0) is 25.2 Å². The van der Waals surface area contributed by atoms with E-state index in [0.29, 0.717) is 18.8 Å². The summed E-state index contributed by atoms with van der Waals surface area (Å²) in [4.78, 5) is 0. The zero-order chi connectivity index (χ0) is 13.6. The van der Waals surface area contributed by atoms with E-state index in [0.717, 1.165) is 32.1 Å². The van der Waals surface area contributed by atoms with Crippen LogP contribution in [0.3, 0.4) is 0 Å². The quantitative estimate of drug-likeness (QED) is 0.536. The molecule has 0 aromatic carbocycles. The lowest BCUT2D eigenvalue weighted by Crippen LogP contribution is -2.37. The van der Waals surface area contributed by atoms with Crippen molar-refractivity contribution in [1.82, 2.24) is 0 Å². The molecule has 0 radical (unpaired) electrons. The summed E-state index contributed by atoms with van der Waals surface area (Å²) >= 11 is 0. The van der Waals surface area contributed by atoms with Gasteiger partial charge >= 0.3 is 6.18 Å². The van der Waals surface area contributed by atoms with Crippen molar-refractivity contribution in [1.29, 1.82) is 0 Å². The molecule has 0 aromatic heterocycles. The average Bonchev–Trinajstić information content (AvgIpc) is 2.32. The minimum atomic E-state index is -4.03. The smallest absolute Gasteiger partial charge is 0.171 e. The third kappa shape index (κ3) is 4.17. The fraction of sp³-hybridized carbons (Fsp3) is 1.00. The van der Waals surface area contributed by atoms with Gasteiger partial charge in [0.25, 0.3) is 0 Å². The first-order valence-corrected chi connectivity index (χ1v) is 7.48. The molecule has 0 aliphatic heterocycles. The second-order valence-corrected chi connectivity index (χ2v) is 6.08. The Balaban J connectivity index is 2.73. The van der Waals surface area contributed by atoms with E-state index in [1.54, 1.807) is 6.92 Å². The molecule has 108 valence electrons. The Labute approximate surface area is 109 Å². The molecule has 0 aromatic rings. The maximum Gasteiger partial charge on any atom is 0.394 e. The molecular formula is C15H27F3. The van der Waals surface area contributed by atoms with Crippen molar-refractivity contribution in [2.75, 3.05) is 0 Å². The summed E-state index contributed by atoms with van der Waals surface area (Å²) in [6, 6.07) is 0. The van der Waals surface area contributed by atoms with Crippen LogP contribution >= 0.6 is 0 Å². The molecule has 18 heavy (non-hydrogen) atoms. The standard InChI is InChI=1S/C15H27F3/c1-3-14(15(16,17)18)11-7-5-4-6-9-13(2)10-8-12-14/h13H,3-12H2,1-2H3. The fourth-order valence-electron chi connectivity index (χ4n) is 3.21. The topological polar surface area (TPSA) is 0 Å². The lowest BCUT2D eigenvalue weighted by molar-refractivity contribution is -0.232. The maximum atomic E-state index is 13.3. The molecule has 2 atom stereocenters. The highest BCUT2D eigenvalue weighted by atomic mass is 19.4. The molecule has 1 rings (SSSR count). The van der Waals surface area contributed by atoms with Crippen LogP contribution < -0.4 is 0 Å². The predicted molar refractivity (Wildman–Crippen MR) is 69.5 cm³/mol. The summed E-state index contributed by atoms with van der Waals surface area (Å²) in [7, 11) is 0. The molecule has 2 unspecified atom stereocenters. The minimum Gasteiger partial charge on any atom is -0.171 e. The average molecular weight is 264 g/mol. The van der Waals surface area contributed by atoms with Crippen LogP contribution in [0, 0.1) is 11.3 Å². The van der Waals surface area contributed by atoms with Gasteiger partial charge in [0, 0.05) is 0 Å². The third-order valence-electron chi connectivity index (χ3n) is 4.73. The number of hydrogen-bond donors (Lipinski definition) is 0. The van der Waals surface area contributed by atoms with E-state index in [1.165, 1.54) is 12.8 Å². The van der Waals surface area contributed by atoms with Crippen LogP contribution in [0.4, 0.5) is 13.2 Å². The highest BCUT2D eigenvalue weighted by molar-refractivity contribution is 4.86. The summed E-state index contributed by atoms with van der Waals surface area (Å²) < 4.78 is 40.0. The van der Waals surface area contributed by atoms with E-state index in [-0.39, 0.29) is 6.42 Å². The van der Waals surface area contributed by atoms with Crippen LogP contribution in [0.15, 0.2) is 0 Å². The maximum absolute atomic E-state index is 13.3. The molecule has 0 nitrogen and oxygen atoms in total. The molecule has 0 N–H and O–H groups in total. The SMILES string of the molecule is CCC1(C(F)(F)F)CCCCCCC(C)CCC1. The summed E-state index contributed by atoms with van der Waals surface area (Å²) in [5.74, 6) is 0.589. The number of halogens is 3. The van der Waals surface area contributed by atoms with Crippen molar-refractivity contribution in [2.45, 2.75) is 84.2 Å². The first kappa shape index (κ1) is 15.8. The molecule has 0 saturated heterocycles. The van der Waals surface area contributed by atoms with Crippen molar-refractivity contribution in [3.8, 4) is 0 Å². The van der Waals surface area contributed by atoms with Crippen LogP contribution in [0.2, 0.25) is 0 Å². The Hall–Kier alpha value is -0.210.